The minimum atomic E-state index is -0.449. The van der Waals surface area contributed by atoms with Crippen LogP contribution in [0, 0.1) is 17.3 Å². The molecule has 1 aliphatic heterocycles. The van der Waals surface area contributed by atoms with Crippen LogP contribution in [0.3, 0.4) is 0 Å². The highest BCUT2D eigenvalue weighted by Crippen LogP contribution is 2.30. The Hall–Kier alpha value is -1.12. The van der Waals surface area contributed by atoms with E-state index in [0.717, 1.165) is 32.1 Å². The monoisotopic (exact) mass is 308 g/mol. The Kier molecular flexibility index (Phi) is 7.84. The molecule has 0 amide bonds. The van der Waals surface area contributed by atoms with Gasteiger partial charge in [0.2, 0.25) is 0 Å². The first-order valence-corrected chi connectivity index (χ1v) is 8.68. The summed E-state index contributed by atoms with van der Waals surface area (Å²) in [5.41, 5.74) is -0.449. The van der Waals surface area contributed by atoms with Gasteiger partial charge >= 0.3 is 5.97 Å². The molecule has 0 radical (unpaired) electrons. The zero-order chi connectivity index (χ0) is 16.6. The first-order chi connectivity index (χ1) is 10.3. The van der Waals surface area contributed by atoms with Crippen molar-refractivity contribution in [3.63, 3.8) is 0 Å². The fraction of sp³-hybridized carbons (Fsp3) is 0.789. The molecular weight excluding hydrogens is 276 g/mol. The van der Waals surface area contributed by atoms with Gasteiger partial charge in [0.1, 0.15) is 5.78 Å². The third kappa shape index (κ3) is 6.76. The maximum Gasteiger partial charge on any atom is 0.305 e. The summed E-state index contributed by atoms with van der Waals surface area (Å²) in [4.78, 5) is 24.4. The van der Waals surface area contributed by atoms with E-state index in [1.165, 1.54) is 0 Å². The van der Waals surface area contributed by atoms with Gasteiger partial charge in [-0.15, -0.1) is 0 Å². The van der Waals surface area contributed by atoms with Crippen molar-refractivity contribution in [3.05, 3.63) is 12.2 Å². The summed E-state index contributed by atoms with van der Waals surface area (Å²) < 4.78 is 5.21. The predicted octanol–water partition coefficient (Wildman–Crippen LogP) is 4.70. The van der Waals surface area contributed by atoms with E-state index < -0.39 is 5.41 Å². The number of cyclic esters (lactones) is 1. The lowest BCUT2D eigenvalue weighted by molar-refractivity contribution is -0.144. The molecule has 0 aromatic heterocycles. The molecule has 0 aliphatic carbocycles. The van der Waals surface area contributed by atoms with Crippen LogP contribution in [0.2, 0.25) is 0 Å². The molecule has 3 nitrogen and oxygen atoms in total. The second kappa shape index (κ2) is 9.12. The molecule has 0 fully saturated rings. The minimum absolute atomic E-state index is 0.0597. The smallest absolute Gasteiger partial charge is 0.305 e. The highest BCUT2D eigenvalue weighted by molar-refractivity contribution is 5.86. The maximum absolute atomic E-state index is 12.6. The second-order valence-electron chi connectivity index (χ2n) is 7.40. The third-order valence-electron chi connectivity index (χ3n) is 4.61. The van der Waals surface area contributed by atoms with Gasteiger partial charge in [-0.1, -0.05) is 46.3 Å². The molecule has 3 heteroatoms. The third-order valence-corrected chi connectivity index (χ3v) is 4.61. The molecule has 2 atom stereocenters. The Labute approximate surface area is 135 Å². The van der Waals surface area contributed by atoms with Crippen molar-refractivity contribution < 1.29 is 14.3 Å². The Balaban J connectivity index is 2.70. The van der Waals surface area contributed by atoms with Gasteiger partial charge in [0.25, 0.3) is 0 Å². The van der Waals surface area contributed by atoms with E-state index in [1.807, 2.05) is 20.8 Å². The molecule has 0 N–H and O–H groups in total. The quantitative estimate of drug-likeness (QED) is 0.481. The fourth-order valence-electron chi connectivity index (χ4n) is 3.17. The zero-order valence-electron chi connectivity index (χ0n) is 14.7. The van der Waals surface area contributed by atoms with Crippen molar-refractivity contribution in [1.82, 2.24) is 0 Å². The maximum atomic E-state index is 12.6. The van der Waals surface area contributed by atoms with Crippen LogP contribution in [0.15, 0.2) is 12.2 Å². The molecule has 1 aliphatic rings. The van der Waals surface area contributed by atoms with Gasteiger partial charge in [-0.3, -0.25) is 9.59 Å². The zero-order valence-corrected chi connectivity index (χ0v) is 14.7. The predicted molar refractivity (Wildman–Crippen MR) is 89.5 cm³/mol. The van der Waals surface area contributed by atoms with Gasteiger partial charge in [0.05, 0.1) is 6.61 Å². The summed E-state index contributed by atoms with van der Waals surface area (Å²) in [6, 6.07) is 0. The number of allylic oxidation sites excluding steroid dienone is 1. The number of rotatable bonds is 0. The number of ketones is 1. The van der Waals surface area contributed by atoms with Crippen molar-refractivity contribution in [2.45, 2.75) is 72.6 Å². The molecule has 0 aromatic carbocycles. The largest absolute Gasteiger partial charge is 0.465 e. The lowest BCUT2D eigenvalue weighted by Gasteiger charge is -2.27. The van der Waals surface area contributed by atoms with Crippen LogP contribution in [0.25, 0.3) is 0 Å². The van der Waals surface area contributed by atoms with Gasteiger partial charge < -0.3 is 4.74 Å². The SMILES string of the molecule is CC1CCC/C=C/CCOC(=O)CCC(C)(C)C(=O)C(C)C1. The molecule has 0 spiro atoms. The van der Waals surface area contributed by atoms with Crippen molar-refractivity contribution in [2.24, 2.45) is 17.3 Å². The van der Waals surface area contributed by atoms with Crippen LogP contribution < -0.4 is 0 Å². The van der Waals surface area contributed by atoms with Gasteiger partial charge in [0.15, 0.2) is 0 Å². The number of ether oxygens (including phenoxy) is 1. The molecule has 1 rings (SSSR count). The summed E-state index contributed by atoms with van der Waals surface area (Å²) in [7, 11) is 0. The van der Waals surface area contributed by atoms with E-state index in [0.29, 0.717) is 25.4 Å². The van der Waals surface area contributed by atoms with E-state index in [-0.39, 0.29) is 17.7 Å². The van der Waals surface area contributed by atoms with Crippen molar-refractivity contribution >= 4 is 11.8 Å². The van der Waals surface area contributed by atoms with Crippen molar-refractivity contribution in [1.29, 1.82) is 0 Å². The lowest BCUT2D eigenvalue weighted by atomic mass is 9.75. The summed E-state index contributed by atoms with van der Waals surface area (Å²) >= 11 is 0. The number of hydrogen-bond acceptors (Lipinski definition) is 3. The number of hydrogen-bond donors (Lipinski definition) is 0. The average Bonchev–Trinajstić information content (AvgIpc) is 2.46. The summed E-state index contributed by atoms with van der Waals surface area (Å²) in [5, 5.41) is 0. The van der Waals surface area contributed by atoms with Crippen LogP contribution in [0.4, 0.5) is 0 Å². The van der Waals surface area contributed by atoms with Gasteiger partial charge in [-0.05, 0) is 38.0 Å². The normalized spacial score (nSPS) is 30.5. The summed E-state index contributed by atoms with van der Waals surface area (Å²) in [6.07, 6.45) is 10.3. The van der Waals surface area contributed by atoms with Crippen LogP contribution in [-0.2, 0) is 14.3 Å². The number of Topliss-reactive ketones (excluding diaryl/α,β-unsaturated/α-hetero) is 1. The van der Waals surface area contributed by atoms with Crippen LogP contribution in [0.5, 0.6) is 0 Å². The van der Waals surface area contributed by atoms with Crippen molar-refractivity contribution in [3.8, 4) is 0 Å². The van der Waals surface area contributed by atoms with Gasteiger partial charge in [-0.25, -0.2) is 0 Å². The molecule has 126 valence electrons. The summed E-state index contributed by atoms with van der Waals surface area (Å²) in [5.74, 6) is 0.715. The highest BCUT2D eigenvalue weighted by Gasteiger charge is 2.32. The first kappa shape index (κ1) is 18.9. The van der Waals surface area contributed by atoms with E-state index in [2.05, 4.69) is 19.1 Å². The van der Waals surface area contributed by atoms with E-state index >= 15 is 0 Å². The fourth-order valence-corrected chi connectivity index (χ4v) is 3.17. The van der Waals surface area contributed by atoms with Gasteiger partial charge in [-0.2, -0.15) is 0 Å². The first-order valence-electron chi connectivity index (χ1n) is 8.68. The number of esters is 1. The molecule has 22 heavy (non-hydrogen) atoms. The Morgan fingerprint density at radius 2 is 1.82 bits per heavy atom. The van der Waals surface area contributed by atoms with Crippen LogP contribution in [-0.4, -0.2) is 18.4 Å². The standard InChI is InChI=1S/C19H32O3/c1-15-10-8-6-5-7-9-13-22-17(20)11-12-19(3,4)18(21)16(2)14-15/h5,7,15-16H,6,8-14H2,1-4H3/b7-5+. The second-order valence-corrected chi connectivity index (χ2v) is 7.40. The lowest BCUT2D eigenvalue weighted by Crippen LogP contribution is -2.31. The molecule has 0 bridgehead atoms. The molecule has 1 heterocycles. The molecule has 0 saturated heterocycles. The topological polar surface area (TPSA) is 43.4 Å². The summed E-state index contributed by atoms with van der Waals surface area (Å²) in [6.45, 7) is 8.62. The molecule has 2 unspecified atom stereocenters. The number of carbonyl (C=O) groups excluding carboxylic acids is 2. The average molecular weight is 308 g/mol. The van der Waals surface area contributed by atoms with Crippen molar-refractivity contribution in [2.75, 3.05) is 6.61 Å². The van der Waals surface area contributed by atoms with E-state index in [1.54, 1.807) is 0 Å². The van der Waals surface area contributed by atoms with E-state index in [9.17, 15) is 9.59 Å². The Morgan fingerprint density at radius 1 is 1.14 bits per heavy atom. The molecular formula is C19H32O3. The van der Waals surface area contributed by atoms with Crippen LogP contribution >= 0.6 is 0 Å². The molecule has 0 aromatic rings. The van der Waals surface area contributed by atoms with Crippen LogP contribution in [0.1, 0.15) is 72.6 Å². The molecule has 0 saturated carbocycles. The van der Waals surface area contributed by atoms with E-state index in [4.69, 9.17) is 4.74 Å². The highest BCUT2D eigenvalue weighted by atomic mass is 16.5. The minimum Gasteiger partial charge on any atom is -0.465 e. The Morgan fingerprint density at radius 3 is 2.55 bits per heavy atom. The Bertz CT molecular complexity index is 395. The number of carbonyl (C=O) groups is 2. The van der Waals surface area contributed by atoms with Gasteiger partial charge in [0, 0.05) is 17.8 Å².